The highest BCUT2D eigenvalue weighted by Gasteiger charge is 2.16. The number of amides is 1. The molecule has 0 unspecified atom stereocenters. The number of hydrogen-bond acceptors (Lipinski definition) is 7. The summed E-state index contributed by atoms with van der Waals surface area (Å²) < 4.78 is 11.9. The molecule has 0 atom stereocenters. The Morgan fingerprint density at radius 3 is 2.52 bits per heavy atom. The molecule has 1 amide bonds. The van der Waals surface area contributed by atoms with Crippen LogP contribution >= 0.6 is 11.3 Å². The zero-order chi connectivity index (χ0) is 17.4. The van der Waals surface area contributed by atoms with Crippen molar-refractivity contribution in [2.24, 2.45) is 0 Å². The van der Waals surface area contributed by atoms with Gasteiger partial charge in [0, 0.05) is 29.8 Å². The third kappa shape index (κ3) is 2.96. The van der Waals surface area contributed by atoms with Crippen molar-refractivity contribution in [1.29, 1.82) is 0 Å². The van der Waals surface area contributed by atoms with Gasteiger partial charge in [0.25, 0.3) is 11.6 Å². The van der Waals surface area contributed by atoms with Crippen LogP contribution in [-0.4, -0.2) is 29.0 Å². The van der Waals surface area contributed by atoms with E-state index in [0.29, 0.717) is 40.9 Å². The Labute approximate surface area is 145 Å². The van der Waals surface area contributed by atoms with Crippen LogP contribution in [0.5, 0.6) is 11.5 Å². The Morgan fingerprint density at radius 2 is 1.84 bits per heavy atom. The highest BCUT2D eigenvalue weighted by molar-refractivity contribution is 7.22. The topological polar surface area (TPSA) is 104 Å². The number of hydrogen-bond donors (Lipinski definition) is 1. The number of nitrogens with zero attached hydrogens (tertiary/aromatic N) is 2. The Bertz CT molecular complexity index is 940. The summed E-state index contributed by atoms with van der Waals surface area (Å²) in [6.45, 7) is 0.993. The molecule has 25 heavy (non-hydrogen) atoms. The molecule has 0 spiro atoms. The lowest BCUT2D eigenvalue weighted by Crippen LogP contribution is -2.15. The van der Waals surface area contributed by atoms with E-state index in [4.69, 9.17) is 9.47 Å². The number of fused-ring (bicyclic) bond motifs is 2. The zero-order valence-electron chi connectivity index (χ0n) is 12.7. The molecule has 1 aliphatic rings. The van der Waals surface area contributed by atoms with Gasteiger partial charge < -0.3 is 9.47 Å². The average molecular weight is 357 g/mol. The third-order valence-electron chi connectivity index (χ3n) is 3.61. The molecule has 9 heteroatoms. The number of rotatable bonds is 3. The quantitative estimate of drug-likeness (QED) is 0.570. The first-order chi connectivity index (χ1) is 12.1. The molecule has 4 rings (SSSR count). The first-order valence-electron chi connectivity index (χ1n) is 7.36. The molecule has 0 radical (unpaired) electrons. The van der Waals surface area contributed by atoms with Crippen molar-refractivity contribution in [1.82, 2.24) is 4.98 Å². The lowest BCUT2D eigenvalue weighted by molar-refractivity contribution is -0.384. The predicted molar refractivity (Wildman–Crippen MR) is 91.7 cm³/mol. The number of nitro groups is 1. The molecule has 0 saturated heterocycles. The second-order valence-corrected chi connectivity index (χ2v) is 6.27. The summed E-state index contributed by atoms with van der Waals surface area (Å²) in [7, 11) is 0. The highest BCUT2D eigenvalue weighted by atomic mass is 32.1. The number of ether oxygens (including phenoxy) is 2. The van der Waals surface area contributed by atoms with Crippen LogP contribution in [0.2, 0.25) is 0 Å². The number of anilines is 1. The summed E-state index contributed by atoms with van der Waals surface area (Å²) in [5, 5.41) is 13.8. The molecule has 1 aliphatic heterocycles. The lowest BCUT2D eigenvalue weighted by atomic mass is 10.2. The monoisotopic (exact) mass is 357 g/mol. The van der Waals surface area contributed by atoms with Gasteiger partial charge in [-0.05, 0) is 12.1 Å². The summed E-state index contributed by atoms with van der Waals surface area (Å²) in [6.07, 6.45) is 0. The SMILES string of the molecule is O=C(Nc1nc2cc3c(cc2s1)OCCO3)c1ccc([N+](=O)[O-])cc1. The number of nitrogens with one attached hydrogen (secondary N) is 1. The molecule has 0 aliphatic carbocycles. The van der Waals surface area contributed by atoms with Crippen molar-refractivity contribution in [2.75, 3.05) is 18.5 Å². The van der Waals surface area contributed by atoms with Crippen molar-refractivity contribution in [3.05, 3.63) is 52.1 Å². The van der Waals surface area contributed by atoms with Crippen LogP contribution in [0.4, 0.5) is 10.8 Å². The van der Waals surface area contributed by atoms with E-state index in [1.54, 1.807) is 6.07 Å². The fourth-order valence-electron chi connectivity index (χ4n) is 2.42. The van der Waals surface area contributed by atoms with Gasteiger partial charge in [0.15, 0.2) is 16.6 Å². The van der Waals surface area contributed by atoms with Gasteiger partial charge in [0.1, 0.15) is 13.2 Å². The first kappa shape index (κ1) is 15.3. The number of carbonyl (C=O) groups excluding carboxylic acids is 1. The standard InChI is InChI=1S/C16H11N3O5S/c20-15(9-1-3-10(4-2-9)19(21)22)18-16-17-11-7-12-13(8-14(11)25-16)24-6-5-23-12/h1-4,7-8H,5-6H2,(H,17,18,20). The minimum Gasteiger partial charge on any atom is -0.486 e. The predicted octanol–water partition coefficient (Wildman–Crippen LogP) is 3.23. The van der Waals surface area contributed by atoms with Gasteiger partial charge >= 0.3 is 0 Å². The van der Waals surface area contributed by atoms with Crippen LogP contribution in [0.15, 0.2) is 36.4 Å². The molecule has 2 aromatic carbocycles. The van der Waals surface area contributed by atoms with Crippen LogP contribution in [-0.2, 0) is 0 Å². The van der Waals surface area contributed by atoms with Crippen molar-refractivity contribution >= 4 is 38.3 Å². The van der Waals surface area contributed by atoms with Gasteiger partial charge in [0.2, 0.25) is 0 Å². The van der Waals surface area contributed by atoms with E-state index in [2.05, 4.69) is 10.3 Å². The summed E-state index contributed by atoms with van der Waals surface area (Å²) >= 11 is 1.31. The number of benzene rings is 2. The molecular weight excluding hydrogens is 346 g/mol. The Morgan fingerprint density at radius 1 is 1.16 bits per heavy atom. The molecular formula is C16H11N3O5S. The van der Waals surface area contributed by atoms with Gasteiger partial charge in [-0.15, -0.1) is 0 Å². The fourth-order valence-corrected chi connectivity index (χ4v) is 3.29. The molecule has 126 valence electrons. The van der Waals surface area contributed by atoms with Gasteiger partial charge in [-0.1, -0.05) is 11.3 Å². The summed E-state index contributed by atoms with van der Waals surface area (Å²) in [4.78, 5) is 26.8. The van der Waals surface area contributed by atoms with Crippen LogP contribution in [0.1, 0.15) is 10.4 Å². The molecule has 2 heterocycles. The Kier molecular flexibility index (Phi) is 3.69. The molecule has 8 nitrogen and oxygen atoms in total. The Hall–Kier alpha value is -3.20. The first-order valence-corrected chi connectivity index (χ1v) is 8.18. The molecule has 0 saturated carbocycles. The third-order valence-corrected chi connectivity index (χ3v) is 4.55. The summed E-state index contributed by atoms with van der Waals surface area (Å²) in [5.41, 5.74) is 0.950. The van der Waals surface area contributed by atoms with Crippen molar-refractivity contribution < 1.29 is 19.2 Å². The normalized spacial score (nSPS) is 12.8. The highest BCUT2D eigenvalue weighted by Crippen LogP contribution is 2.37. The summed E-state index contributed by atoms with van der Waals surface area (Å²) in [6, 6.07) is 9.00. The van der Waals surface area contributed by atoms with Crippen LogP contribution in [0.3, 0.4) is 0 Å². The van der Waals surface area contributed by atoms with E-state index in [1.165, 1.54) is 35.6 Å². The van der Waals surface area contributed by atoms with Crippen molar-refractivity contribution in [3.63, 3.8) is 0 Å². The van der Waals surface area contributed by atoms with E-state index < -0.39 is 4.92 Å². The summed E-state index contributed by atoms with van der Waals surface area (Å²) in [5.74, 6) is 0.916. The second kappa shape index (κ2) is 6.02. The van der Waals surface area contributed by atoms with E-state index in [9.17, 15) is 14.9 Å². The zero-order valence-corrected chi connectivity index (χ0v) is 13.5. The maximum atomic E-state index is 12.3. The number of thiazole rings is 1. The lowest BCUT2D eigenvalue weighted by Gasteiger charge is -2.17. The van der Waals surface area contributed by atoms with Gasteiger partial charge in [-0.2, -0.15) is 0 Å². The molecule has 1 N–H and O–H groups in total. The number of non-ortho nitro benzene ring substituents is 1. The van der Waals surface area contributed by atoms with Crippen molar-refractivity contribution in [2.45, 2.75) is 0 Å². The Balaban J connectivity index is 1.57. The minimum atomic E-state index is -0.513. The molecule has 1 aromatic heterocycles. The van der Waals surface area contributed by atoms with E-state index in [0.717, 1.165) is 4.70 Å². The van der Waals surface area contributed by atoms with Gasteiger partial charge in [-0.25, -0.2) is 4.98 Å². The van der Waals surface area contributed by atoms with E-state index >= 15 is 0 Å². The molecule has 3 aromatic rings. The van der Waals surface area contributed by atoms with Crippen molar-refractivity contribution in [3.8, 4) is 11.5 Å². The second-order valence-electron chi connectivity index (χ2n) is 5.24. The number of carbonyl (C=O) groups is 1. The maximum Gasteiger partial charge on any atom is 0.269 e. The fraction of sp³-hybridized carbons (Fsp3) is 0.125. The molecule has 0 fully saturated rings. The number of aromatic nitrogens is 1. The van der Waals surface area contributed by atoms with Gasteiger partial charge in [-0.3, -0.25) is 20.2 Å². The minimum absolute atomic E-state index is 0.0675. The van der Waals surface area contributed by atoms with Gasteiger partial charge in [0.05, 0.1) is 15.1 Å². The van der Waals surface area contributed by atoms with Crippen LogP contribution in [0, 0.1) is 10.1 Å². The van der Waals surface area contributed by atoms with E-state index in [-0.39, 0.29) is 11.6 Å². The largest absolute Gasteiger partial charge is 0.486 e. The van der Waals surface area contributed by atoms with Crippen LogP contribution < -0.4 is 14.8 Å². The molecule has 0 bridgehead atoms. The van der Waals surface area contributed by atoms with Crippen LogP contribution in [0.25, 0.3) is 10.2 Å². The number of nitro benzene ring substituents is 1. The average Bonchev–Trinajstić information content (AvgIpc) is 3.00. The van der Waals surface area contributed by atoms with E-state index in [1.807, 2.05) is 6.07 Å². The smallest absolute Gasteiger partial charge is 0.269 e. The maximum absolute atomic E-state index is 12.3.